The van der Waals surface area contributed by atoms with Crippen LogP contribution in [-0.4, -0.2) is 47.1 Å². The number of rotatable bonds is 7. The van der Waals surface area contributed by atoms with Crippen LogP contribution in [0.3, 0.4) is 0 Å². The molecular formula is C16H26N2O5S. The van der Waals surface area contributed by atoms with Gasteiger partial charge in [-0.2, -0.15) is 17.4 Å². The third-order valence-corrected chi connectivity index (χ3v) is 5.64. The second kappa shape index (κ2) is 8.55. The highest BCUT2D eigenvalue weighted by atomic mass is 32.2. The second-order valence-corrected chi connectivity index (χ2v) is 7.43. The van der Waals surface area contributed by atoms with E-state index in [1.807, 2.05) is 0 Å². The lowest BCUT2D eigenvalue weighted by molar-refractivity contribution is 0.323. The summed E-state index contributed by atoms with van der Waals surface area (Å²) >= 11 is 0. The van der Waals surface area contributed by atoms with Gasteiger partial charge in [0.25, 0.3) is 10.2 Å². The van der Waals surface area contributed by atoms with Crippen molar-refractivity contribution in [2.24, 2.45) is 0 Å². The molecule has 2 rings (SSSR count). The first-order chi connectivity index (χ1) is 11.5. The van der Waals surface area contributed by atoms with Crippen LogP contribution in [0.5, 0.6) is 17.2 Å². The number of methoxy groups -OCH3 is 3. The normalized spacial score (nSPS) is 16.5. The van der Waals surface area contributed by atoms with Crippen molar-refractivity contribution in [2.75, 3.05) is 34.4 Å². The van der Waals surface area contributed by atoms with Gasteiger partial charge in [0.1, 0.15) is 0 Å². The molecule has 0 bridgehead atoms. The van der Waals surface area contributed by atoms with Gasteiger partial charge >= 0.3 is 0 Å². The van der Waals surface area contributed by atoms with E-state index in [1.165, 1.54) is 25.6 Å². The van der Waals surface area contributed by atoms with Gasteiger partial charge in [0, 0.05) is 19.6 Å². The molecule has 7 nitrogen and oxygen atoms in total. The molecule has 1 aromatic carbocycles. The molecule has 1 aromatic rings. The first kappa shape index (κ1) is 18.8. The van der Waals surface area contributed by atoms with Crippen LogP contribution in [0.25, 0.3) is 0 Å². The van der Waals surface area contributed by atoms with Gasteiger partial charge in [-0.3, -0.25) is 0 Å². The monoisotopic (exact) mass is 358 g/mol. The van der Waals surface area contributed by atoms with E-state index in [2.05, 4.69) is 4.72 Å². The van der Waals surface area contributed by atoms with Crippen LogP contribution in [0.4, 0.5) is 0 Å². The van der Waals surface area contributed by atoms with Crippen LogP contribution in [0.1, 0.15) is 31.2 Å². The maximum atomic E-state index is 12.5. The SMILES string of the molecule is COc1cc(CNS(=O)(=O)N2CCCCCC2)cc(OC)c1OC. The van der Waals surface area contributed by atoms with Crippen molar-refractivity contribution >= 4 is 10.2 Å². The predicted octanol–water partition coefficient (Wildman–Crippen LogP) is 1.92. The van der Waals surface area contributed by atoms with E-state index in [0.717, 1.165) is 31.2 Å². The van der Waals surface area contributed by atoms with Gasteiger partial charge in [-0.25, -0.2) is 0 Å². The van der Waals surface area contributed by atoms with Gasteiger partial charge in [0.2, 0.25) is 5.75 Å². The smallest absolute Gasteiger partial charge is 0.279 e. The number of hydrogen-bond donors (Lipinski definition) is 1. The van der Waals surface area contributed by atoms with Crippen molar-refractivity contribution in [1.29, 1.82) is 0 Å². The zero-order valence-corrected chi connectivity index (χ0v) is 15.3. The average Bonchev–Trinajstić information content (AvgIpc) is 2.89. The predicted molar refractivity (Wildman–Crippen MR) is 91.9 cm³/mol. The van der Waals surface area contributed by atoms with Crippen LogP contribution in [0, 0.1) is 0 Å². The fourth-order valence-corrected chi connectivity index (χ4v) is 4.06. The molecule has 24 heavy (non-hydrogen) atoms. The molecule has 0 unspecified atom stereocenters. The Kier molecular flexibility index (Phi) is 6.70. The molecule has 8 heteroatoms. The summed E-state index contributed by atoms with van der Waals surface area (Å²) in [6.45, 7) is 1.31. The summed E-state index contributed by atoms with van der Waals surface area (Å²) in [4.78, 5) is 0. The minimum Gasteiger partial charge on any atom is -0.493 e. The van der Waals surface area contributed by atoms with Gasteiger partial charge in [0.05, 0.1) is 21.3 Å². The van der Waals surface area contributed by atoms with Crippen LogP contribution in [0.2, 0.25) is 0 Å². The fourth-order valence-electron chi connectivity index (χ4n) is 2.79. The zero-order chi connectivity index (χ0) is 17.6. The van der Waals surface area contributed by atoms with E-state index in [9.17, 15) is 8.42 Å². The first-order valence-electron chi connectivity index (χ1n) is 8.05. The quantitative estimate of drug-likeness (QED) is 0.806. The van der Waals surface area contributed by atoms with Crippen molar-refractivity contribution < 1.29 is 22.6 Å². The molecule has 0 atom stereocenters. The summed E-state index contributed by atoms with van der Waals surface area (Å²) in [5.74, 6) is 1.49. The Labute approximate surface area is 144 Å². The topological polar surface area (TPSA) is 77.1 Å². The van der Waals surface area contributed by atoms with Crippen molar-refractivity contribution in [1.82, 2.24) is 9.03 Å². The lowest BCUT2D eigenvalue weighted by Crippen LogP contribution is -2.40. The molecular weight excluding hydrogens is 332 g/mol. The summed E-state index contributed by atoms with van der Waals surface area (Å²) < 4.78 is 45.0. The average molecular weight is 358 g/mol. The maximum Gasteiger partial charge on any atom is 0.279 e. The van der Waals surface area contributed by atoms with E-state index in [0.29, 0.717) is 30.3 Å². The molecule has 1 saturated heterocycles. The highest BCUT2D eigenvalue weighted by Crippen LogP contribution is 2.38. The molecule has 0 saturated carbocycles. The summed E-state index contributed by atoms with van der Waals surface area (Å²) in [6, 6.07) is 3.48. The van der Waals surface area contributed by atoms with Gasteiger partial charge < -0.3 is 14.2 Å². The Morgan fingerprint density at radius 2 is 1.50 bits per heavy atom. The second-order valence-electron chi connectivity index (χ2n) is 5.67. The Balaban J connectivity index is 2.13. The largest absolute Gasteiger partial charge is 0.493 e. The summed E-state index contributed by atoms with van der Waals surface area (Å²) in [5, 5.41) is 0. The molecule has 1 aliphatic rings. The molecule has 0 radical (unpaired) electrons. The van der Waals surface area contributed by atoms with Gasteiger partial charge in [0.15, 0.2) is 11.5 Å². The van der Waals surface area contributed by atoms with E-state index >= 15 is 0 Å². The van der Waals surface area contributed by atoms with Crippen LogP contribution >= 0.6 is 0 Å². The third kappa shape index (κ3) is 4.52. The Bertz CT molecular complexity index is 615. The minimum atomic E-state index is -3.49. The van der Waals surface area contributed by atoms with E-state index in [-0.39, 0.29) is 6.54 Å². The molecule has 0 spiro atoms. The molecule has 1 heterocycles. The molecule has 136 valence electrons. The van der Waals surface area contributed by atoms with Crippen LogP contribution < -0.4 is 18.9 Å². The van der Waals surface area contributed by atoms with E-state index in [4.69, 9.17) is 14.2 Å². The number of nitrogens with zero attached hydrogens (tertiary/aromatic N) is 1. The molecule has 1 aliphatic heterocycles. The zero-order valence-electron chi connectivity index (χ0n) is 14.5. The highest BCUT2D eigenvalue weighted by Gasteiger charge is 2.23. The lowest BCUT2D eigenvalue weighted by atomic mass is 10.2. The van der Waals surface area contributed by atoms with Crippen LogP contribution in [-0.2, 0) is 16.8 Å². The van der Waals surface area contributed by atoms with Gasteiger partial charge in [-0.15, -0.1) is 0 Å². The summed E-state index contributed by atoms with van der Waals surface area (Å²) in [7, 11) is 1.10. The first-order valence-corrected chi connectivity index (χ1v) is 9.49. The number of hydrogen-bond acceptors (Lipinski definition) is 5. The van der Waals surface area contributed by atoms with Crippen LogP contribution in [0.15, 0.2) is 12.1 Å². The molecule has 0 aromatic heterocycles. The number of nitrogens with one attached hydrogen (secondary N) is 1. The summed E-state index contributed by atoms with van der Waals surface area (Å²) in [6.07, 6.45) is 3.98. The third-order valence-electron chi connectivity index (χ3n) is 4.09. The Morgan fingerprint density at radius 3 is 1.96 bits per heavy atom. The standard InChI is InChI=1S/C16H26N2O5S/c1-21-14-10-13(11-15(22-2)16(14)23-3)12-17-24(19,20)18-8-6-4-5-7-9-18/h10-11,17H,4-9,12H2,1-3H3. The van der Waals surface area contributed by atoms with Crippen molar-refractivity contribution in [3.63, 3.8) is 0 Å². The molecule has 0 amide bonds. The van der Waals surface area contributed by atoms with E-state index in [1.54, 1.807) is 12.1 Å². The molecule has 1 N–H and O–H groups in total. The number of ether oxygens (including phenoxy) is 3. The number of benzene rings is 1. The van der Waals surface area contributed by atoms with Gasteiger partial charge in [-0.1, -0.05) is 12.8 Å². The van der Waals surface area contributed by atoms with Crippen molar-refractivity contribution in [3.05, 3.63) is 17.7 Å². The lowest BCUT2D eigenvalue weighted by Gasteiger charge is -2.20. The van der Waals surface area contributed by atoms with E-state index < -0.39 is 10.2 Å². The fraction of sp³-hybridized carbons (Fsp3) is 0.625. The minimum absolute atomic E-state index is 0.162. The van der Waals surface area contributed by atoms with Crippen molar-refractivity contribution in [3.8, 4) is 17.2 Å². The van der Waals surface area contributed by atoms with Gasteiger partial charge in [-0.05, 0) is 30.5 Å². The Hall–Kier alpha value is -1.51. The highest BCUT2D eigenvalue weighted by molar-refractivity contribution is 7.87. The maximum absolute atomic E-state index is 12.5. The Morgan fingerprint density at radius 1 is 0.958 bits per heavy atom. The molecule has 0 aliphatic carbocycles. The molecule has 1 fully saturated rings. The summed E-state index contributed by atoms with van der Waals surface area (Å²) in [5.41, 5.74) is 0.739. The van der Waals surface area contributed by atoms with Crippen molar-refractivity contribution in [2.45, 2.75) is 32.2 Å².